The number of imidazole rings is 1. The van der Waals surface area contributed by atoms with E-state index in [4.69, 9.17) is 11.6 Å². The zero-order valence-electron chi connectivity index (χ0n) is 33.2. The highest BCUT2D eigenvalue weighted by Crippen LogP contribution is 2.33. The number of fused-ring (bicyclic) bond motifs is 3. The van der Waals surface area contributed by atoms with Gasteiger partial charge in [-0.15, -0.1) is 6.58 Å². The van der Waals surface area contributed by atoms with Crippen LogP contribution in [0.4, 0.5) is 0 Å². The highest BCUT2D eigenvalue weighted by Gasteiger charge is 2.22. The Hall–Kier alpha value is -7.29. The van der Waals surface area contributed by atoms with E-state index >= 15 is 0 Å². The maximum Gasteiger partial charge on any atom is 0.146 e. The molecule has 6 aromatic carbocycles. The lowest BCUT2D eigenvalue weighted by atomic mass is 9.79. The minimum atomic E-state index is 0.119. The van der Waals surface area contributed by atoms with Crippen molar-refractivity contribution in [3.63, 3.8) is 0 Å². The molecule has 9 rings (SSSR count). The molecule has 0 aliphatic heterocycles. The van der Waals surface area contributed by atoms with Crippen LogP contribution in [-0.4, -0.2) is 9.55 Å². The second-order valence-corrected chi connectivity index (χ2v) is 15.1. The van der Waals surface area contributed by atoms with Gasteiger partial charge in [0.25, 0.3) is 0 Å². The molecule has 2 aliphatic rings. The van der Waals surface area contributed by atoms with Crippen molar-refractivity contribution in [2.75, 3.05) is 0 Å². The van der Waals surface area contributed by atoms with Crippen molar-refractivity contribution in [3.8, 4) is 5.69 Å². The molecule has 2 unspecified atom stereocenters. The first kappa shape index (κ1) is 37.3. The van der Waals surface area contributed by atoms with Gasteiger partial charge in [-0.2, -0.15) is 0 Å². The second-order valence-electron chi connectivity index (χ2n) is 15.1. The lowest BCUT2D eigenvalue weighted by Crippen LogP contribution is -2.31. The zero-order chi connectivity index (χ0) is 40.0. The Morgan fingerprint density at radius 3 is 2.24 bits per heavy atom. The molecular weight excluding hydrogens is 713 g/mol. The number of para-hydroxylation sites is 3. The van der Waals surface area contributed by atoms with Crippen molar-refractivity contribution in [1.29, 1.82) is 0 Å². The molecule has 2 aliphatic carbocycles. The highest BCUT2D eigenvalue weighted by atomic mass is 15.1. The van der Waals surface area contributed by atoms with Gasteiger partial charge in [0.2, 0.25) is 0 Å². The summed E-state index contributed by atoms with van der Waals surface area (Å²) in [5.74, 6) is 1.19. The molecule has 1 aromatic heterocycles. The molecule has 0 saturated carbocycles. The molecule has 1 heterocycles. The molecule has 0 fully saturated rings. The van der Waals surface area contributed by atoms with Crippen molar-refractivity contribution in [2.45, 2.75) is 12.8 Å². The number of hydrogen-bond donors (Lipinski definition) is 0. The number of aromatic nitrogens is 2. The fourth-order valence-electron chi connectivity index (χ4n) is 8.38. The summed E-state index contributed by atoms with van der Waals surface area (Å²) in [6.07, 6.45) is 28.5. The van der Waals surface area contributed by atoms with E-state index < -0.39 is 0 Å². The predicted molar refractivity (Wildman–Crippen MR) is 251 cm³/mol. The average molecular weight is 759 g/mol. The third-order valence-corrected chi connectivity index (χ3v) is 11.4. The van der Waals surface area contributed by atoms with Crippen molar-refractivity contribution in [3.05, 3.63) is 264 Å². The number of allylic oxidation sites excluding steroid dienone is 12. The minimum Gasteiger partial charge on any atom is -0.292 e. The van der Waals surface area contributed by atoms with Gasteiger partial charge in [-0.05, 0) is 104 Å². The average Bonchev–Trinajstić information content (AvgIpc) is 3.68. The lowest BCUT2D eigenvalue weighted by molar-refractivity contribution is 0.650. The van der Waals surface area contributed by atoms with Gasteiger partial charge in [0, 0.05) is 23.1 Å². The smallest absolute Gasteiger partial charge is 0.146 e. The zero-order valence-corrected chi connectivity index (χ0v) is 33.2. The molecule has 0 bridgehead atoms. The van der Waals surface area contributed by atoms with Crippen molar-refractivity contribution >= 4 is 44.6 Å². The largest absolute Gasteiger partial charge is 0.292 e. The van der Waals surface area contributed by atoms with Crippen LogP contribution in [0.15, 0.2) is 231 Å². The quantitative estimate of drug-likeness (QED) is 0.106. The van der Waals surface area contributed by atoms with Gasteiger partial charge in [-0.3, -0.25) is 4.57 Å². The summed E-state index contributed by atoms with van der Waals surface area (Å²) in [5.41, 5.74) is 11.0. The molecule has 0 spiro atoms. The third kappa shape index (κ3) is 7.74. The summed E-state index contributed by atoms with van der Waals surface area (Å²) in [4.78, 5) is 5.24. The van der Waals surface area contributed by atoms with Gasteiger partial charge < -0.3 is 0 Å². The summed E-state index contributed by atoms with van der Waals surface area (Å²) in [6.45, 7) is 8.96. The summed E-state index contributed by atoms with van der Waals surface area (Å²) in [7, 11) is 0. The van der Waals surface area contributed by atoms with Gasteiger partial charge >= 0.3 is 0 Å². The molecule has 0 radical (unpaired) electrons. The van der Waals surface area contributed by atoms with Gasteiger partial charge in [0.1, 0.15) is 5.82 Å². The van der Waals surface area contributed by atoms with E-state index in [1.165, 1.54) is 32.3 Å². The van der Waals surface area contributed by atoms with Crippen molar-refractivity contribution in [2.24, 2.45) is 11.8 Å². The van der Waals surface area contributed by atoms with Crippen LogP contribution < -0.4 is 10.4 Å². The van der Waals surface area contributed by atoms with Gasteiger partial charge in [0.05, 0.1) is 11.0 Å². The van der Waals surface area contributed by atoms with E-state index in [9.17, 15) is 0 Å². The van der Waals surface area contributed by atoms with Gasteiger partial charge in [-0.1, -0.05) is 189 Å². The fraction of sp³-hybridized carbons (Fsp3) is 0.0702. The normalized spacial score (nSPS) is 18.3. The van der Waals surface area contributed by atoms with E-state index in [1.807, 2.05) is 6.08 Å². The molecular formula is C57H46N2. The number of hydrogen-bond acceptors (Lipinski definition) is 1. The van der Waals surface area contributed by atoms with Gasteiger partial charge in [0.15, 0.2) is 0 Å². The third-order valence-electron chi connectivity index (χ3n) is 11.4. The Labute approximate surface area is 347 Å². The molecule has 2 heteroatoms. The molecule has 0 N–H and O–H groups in total. The van der Waals surface area contributed by atoms with Crippen LogP contribution in [-0.2, 0) is 0 Å². The highest BCUT2D eigenvalue weighted by molar-refractivity contribution is 5.89. The van der Waals surface area contributed by atoms with E-state index in [2.05, 4.69) is 224 Å². The topological polar surface area (TPSA) is 17.8 Å². The Balaban J connectivity index is 1.25. The first-order valence-electron chi connectivity index (χ1n) is 20.5. The second kappa shape index (κ2) is 17.1. The molecule has 0 amide bonds. The van der Waals surface area contributed by atoms with Crippen LogP contribution in [0.2, 0.25) is 0 Å². The number of nitrogens with zero attached hydrogens (tertiary/aromatic N) is 2. The molecule has 0 saturated heterocycles. The number of rotatable bonds is 9. The minimum absolute atomic E-state index is 0.119. The Morgan fingerprint density at radius 2 is 1.41 bits per heavy atom. The van der Waals surface area contributed by atoms with E-state index in [0.717, 1.165) is 63.2 Å². The molecule has 59 heavy (non-hydrogen) atoms. The van der Waals surface area contributed by atoms with E-state index in [-0.39, 0.29) is 11.8 Å². The van der Waals surface area contributed by atoms with Crippen molar-refractivity contribution < 1.29 is 0 Å². The molecule has 2 nitrogen and oxygen atoms in total. The predicted octanol–water partition coefficient (Wildman–Crippen LogP) is 12.7. The Morgan fingerprint density at radius 1 is 0.678 bits per heavy atom. The fourth-order valence-corrected chi connectivity index (χ4v) is 8.38. The number of benzene rings is 6. The summed E-state index contributed by atoms with van der Waals surface area (Å²) >= 11 is 0. The molecule has 284 valence electrons. The first-order chi connectivity index (χ1) is 29.2. The van der Waals surface area contributed by atoms with Crippen LogP contribution >= 0.6 is 0 Å². The van der Waals surface area contributed by atoms with Crippen LogP contribution in [0.1, 0.15) is 35.4 Å². The molecule has 7 aromatic rings. The summed E-state index contributed by atoms with van der Waals surface area (Å²) in [6, 6.07) is 51.7. The Kier molecular flexibility index (Phi) is 10.8. The van der Waals surface area contributed by atoms with Crippen LogP contribution in [0, 0.1) is 11.8 Å². The van der Waals surface area contributed by atoms with Crippen LogP contribution in [0.3, 0.4) is 0 Å². The molecule has 2 atom stereocenters. The lowest BCUT2D eigenvalue weighted by Gasteiger charge is -2.25. The maximum absolute atomic E-state index is 5.24. The standard InChI is InChI=1S/C57H46N2/c1-3-43-22-16-17-29-49(43)41(2)50-30-12-4-5-13-31-51(47-37-36-44-23-14-15-26-46(44)40-47)54-39-42(35-38-53(50)54)21-20-32-52(45-24-8-6-9-25-45)57-58-55-33-18-19-34-56(55)59(57)48-27-10-7-11-28-48/h3,6-40,43,49H,1-2,4-5H2/b21-20+,30-12?,31-13+,52-32+,53-50?,54-51+. The maximum atomic E-state index is 5.24. The van der Waals surface area contributed by atoms with Crippen LogP contribution in [0.25, 0.3) is 50.3 Å². The first-order valence-corrected chi connectivity index (χ1v) is 20.5. The Bertz CT molecular complexity index is 3020. The van der Waals surface area contributed by atoms with Crippen molar-refractivity contribution in [1.82, 2.24) is 9.55 Å². The van der Waals surface area contributed by atoms with E-state index in [0.29, 0.717) is 0 Å². The summed E-state index contributed by atoms with van der Waals surface area (Å²) in [5, 5.41) is 4.80. The van der Waals surface area contributed by atoms with Crippen LogP contribution in [0.5, 0.6) is 0 Å². The van der Waals surface area contributed by atoms with Gasteiger partial charge in [-0.25, -0.2) is 4.98 Å². The van der Waals surface area contributed by atoms with E-state index in [1.54, 1.807) is 0 Å². The summed E-state index contributed by atoms with van der Waals surface area (Å²) < 4.78 is 2.27. The SMILES string of the molecule is C=CC1C=CC=CC1C(=C)C1=c2ccc(/C=C/C=C(\c3ccccc3)c3nc4ccccc4n3-c3ccccc3)c/c2=C(c2ccc3ccccc3c2)/C=C/CCC=C1. The monoisotopic (exact) mass is 758 g/mol.